The molecule has 2 aliphatic carbocycles. The molecule has 0 bridgehead atoms. The number of anilines is 2. The van der Waals surface area contributed by atoms with E-state index in [1.54, 1.807) is 0 Å². The Bertz CT molecular complexity index is 3360. The number of nitrogens with one attached hydrogen (secondary N) is 1. The van der Waals surface area contributed by atoms with Crippen molar-refractivity contribution in [2.45, 2.75) is 96.8 Å². The minimum absolute atomic E-state index is 0.0609. The SMILES string of the molecule is CC(C)(C)c1ccc(Nc2cc3c(cc2-c2ccc4c5c6c(ccc5n5c4c2[B]c2cc4c(cc2-5)sc2ccccc24)C(C)(C)c2ccccc2-6)C(C)(C)CCC3(C)C)cc1. The first kappa shape index (κ1) is 37.2. The number of benzene rings is 7. The first-order valence-electron chi connectivity index (χ1n) is 22.2. The summed E-state index contributed by atoms with van der Waals surface area (Å²) in [5.41, 5.74) is 21.2. The summed E-state index contributed by atoms with van der Waals surface area (Å²) in [6, 6.07) is 46.9. The van der Waals surface area contributed by atoms with Crippen molar-refractivity contribution in [2.75, 3.05) is 5.32 Å². The van der Waals surface area contributed by atoms with Crippen molar-refractivity contribution >= 4 is 82.9 Å². The molecule has 12 rings (SSSR count). The normalized spacial score (nSPS) is 16.7. The van der Waals surface area contributed by atoms with E-state index in [0.717, 1.165) is 5.69 Å². The van der Waals surface area contributed by atoms with Crippen LogP contribution in [0.25, 0.3) is 69.9 Å². The summed E-state index contributed by atoms with van der Waals surface area (Å²) < 4.78 is 5.29. The van der Waals surface area contributed by atoms with E-state index in [4.69, 9.17) is 0 Å². The van der Waals surface area contributed by atoms with E-state index in [-0.39, 0.29) is 21.7 Å². The Balaban J connectivity index is 1.18. The van der Waals surface area contributed by atoms with E-state index in [2.05, 4.69) is 201 Å². The third-order valence-corrected chi connectivity index (χ3v) is 16.2. The second kappa shape index (κ2) is 12.3. The van der Waals surface area contributed by atoms with E-state index in [0.29, 0.717) is 0 Å². The summed E-state index contributed by atoms with van der Waals surface area (Å²) >= 11 is 1.91. The van der Waals surface area contributed by atoms with Crippen LogP contribution < -0.4 is 16.2 Å². The Hall–Kier alpha value is -5.58. The van der Waals surface area contributed by atoms with Crippen LogP contribution in [0.1, 0.15) is 103 Å². The molecule has 7 aromatic carbocycles. The van der Waals surface area contributed by atoms with E-state index in [1.165, 1.54) is 127 Å². The molecule has 0 atom stereocenters. The van der Waals surface area contributed by atoms with Crippen LogP contribution in [0.5, 0.6) is 0 Å². The second-order valence-electron chi connectivity index (χ2n) is 21.1. The Morgan fingerprint density at radius 3 is 2.10 bits per heavy atom. The van der Waals surface area contributed by atoms with Gasteiger partial charge in [0.05, 0.1) is 5.52 Å². The predicted molar refractivity (Wildman–Crippen MR) is 265 cm³/mol. The molecular formula is C57H52BN2S. The van der Waals surface area contributed by atoms with E-state index in [9.17, 15) is 0 Å². The zero-order valence-corrected chi connectivity index (χ0v) is 37.7. The fourth-order valence-corrected chi connectivity index (χ4v) is 12.6. The van der Waals surface area contributed by atoms with Crippen LogP contribution in [0.4, 0.5) is 11.4 Å². The lowest BCUT2D eigenvalue weighted by Gasteiger charge is -2.42. The van der Waals surface area contributed by atoms with Crippen LogP contribution in [0.2, 0.25) is 0 Å². The average molecular weight is 808 g/mol. The Morgan fingerprint density at radius 1 is 0.607 bits per heavy atom. The summed E-state index contributed by atoms with van der Waals surface area (Å²) in [6.45, 7) is 21.4. The molecule has 0 amide bonds. The number of hydrogen-bond donors (Lipinski definition) is 1. The molecule has 0 unspecified atom stereocenters. The van der Waals surface area contributed by atoms with Gasteiger partial charge in [-0.3, -0.25) is 0 Å². The van der Waals surface area contributed by atoms with Gasteiger partial charge in [0.1, 0.15) is 0 Å². The molecule has 1 aliphatic heterocycles. The van der Waals surface area contributed by atoms with Crippen LogP contribution in [0.3, 0.4) is 0 Å². The lowest BCUT2D eigenvalue weighted by Crippen LogP contribution is -2.37. The lowest BCUT2D eigenvalue weighted by atomic mass is 9.58. The van der Waals surface area contributed by atoms with Crippen LogP contribution in [-0.4, -0.2) is 11.8 Å². The summed E-state index contributed by atoms with van der Waals surface area (Å²) in [4.78, 5) is 0. The van der Waals surface area contributed by atoms with Gasteiger partial charge < -0.3 is 9.88 Å². The van der Waals surface area contributed by atoms with Gasteiger partial charge in [0.15, 0.2) is 7.28 Å². The number of hydrogen-bond acceptors (Lipinski definition) is 2. The number of rotatable bonds is 3. The zero-order valence-electron chi connectivity index (χ0n) is 36.9. The molecule has 61 heavy (non-hydrogen) atoms. The minimum atomic E-state index is -0.0832. The van der Waals surface area contributed by atoms with Gasteiger partial charge in [-0.1, -0.05) is 147 Å². The number of thiophene rings is 1. The van der Waals surface area contributed by atoms with Crippen molar-refractivity contribution in [3.63, 3.8) is 0 Å². The molecule has 2 nitrogen and oxygen atoms in total. The molecule has 9 aromatic rings. The summed E-state index contributed by atoms with van der Waals surface area (Å²) in [6.07, 6.45) is 2.34. The van der Waals surface area contributed by atoms with Gasteiger partial charge in [0.25, 0.3) is 0 Å². The maximum absolute atomic E-state index is 4.02. The molecule has 2 aromatic heterocycles. The topological polar surface area (TPSA) is 17.0 Å². The third-order valence-electron chi connectivity index (χ3n) is 15.1. The predicted octanol–water partition coefficient (Wildman–Crippen LogP) is 14.5. The molecule has 0 saturated carbocycles. The van der Waals surface area contributed by atoms with Crippen LogP contribution >= 0.6 is 11.3 Å². The Kier molecular flexibility index (Phi) is 7.50. The molecule has 0 fully saturated rings. The van der Waals surface area contributed by atoms with Crippen molar-refractivity contribution in [3.05, 3.63) is 149 Å². The minimum Gasteiger partial charge on any atom is -0.355 e. The van der Waals surface area contributed by atoms with E-state index >= 15 is 0 Å². The van der Waals surface area contributed by atoms with Crippen molar-refractivity contribution < 1.29 is 0 Å². The highest BCUT2D eigenvalue weighted by atomic mass is 32.1. The van der Waals surface area contributed by atoms with Crippen LogP contribution in [0, 0.1) is 0 Å². The van der Waals surface area contributed by atoms with Gasteiger partial charge in [-0.05, 0) is 127 Å². The molecule has 4 heteroatoms. The van der Waals surface area contributed by atoms with Crippen molar-refractivity contribution in [2.24, 2.45) is 0 Å². The van der Waals surface area contributed by atoms with Crippen LogP contribution in [-0.2, 0) is 21.7 Å². The fraction of sp³-hybridized carbons (Fsp3) is 0.263. The molecule has 299 valence electrons. The molecule has 1 radical (unpaired) electrons. The first-order valence-corrected chi connectivity index (χ1v) is 23.0. The Labute approximate surface area is 364 Å². The van der Waals surface area contributed by atoms with Crippen molar-refractivity contribution in [3.8, 4) is 27.9 Å². The van der Waals surface area contributed by atoms with Crippen molar-refractivity contribution in [1.29, 1.82) is 0 Å². The van der Waals surface area contributed by atoms with E-state index in [1.807, 2.05) is 11.3 Å². The summed E-state index contributed by atoms with van der Waals surface area (Å²) in [5.74, 6) is 0. The average Bonchev–Trinajstić information content (AvgIpc) is 3.85. The highest BCUT2D eigenvalue weighted by Crippen LogP contribution is 2.54. The van der Waals surface area contributed by atoms with Gasteiger partial charge in [-0.15, -0.1) is 11.3 Å². The zero-order chi connectivity index (χ0) is 42.0. The number of aromatic nitrogens is 1. The molecule has 0 spiro atoms. The van der Waals surface area contributed by atoms with Gasteiger partial charge in [-0.25, -0.2) is 0 Å². The quantitative estimate of drug-likeness (QED) is 0.176. The lowest BCUT2D eigenvalue weighted by molar-refractivity contribution is 0.332. The van der Waals surface area contributed by atoms with Gasteiger partial charge in [-0.2, -0.15) is 0 Å². The van der Waals surface area contributed by atoms with Gasteiger partial charge in [0.2, 0.25) is 0 Å². The van der Waals surface area contributed by atoms with Crippen molar-refractivity contribution in [1.82, 2.24) is 4.57 Å². The third kappa shape index (κ3) is 5.21. The smallest absolute Gasteiger partial charge is 0.197 e. The Morgan fingerprint density at radius 2 is 1.33 bits per heavy atom. The van der Waals surface area contributed by atoms with Gasteiger partial charge >= 0.3 is 0 Å². The van der Waals surface area contributed by atoms with E-state index < -0.39 is 0 Å². The first-order chi connectivity index (χ1) is 29.1. The highest BCUT2D eigenvalue weighted by molar-refractivity contribution is 7.25. The fourth-order valence-electron chi connectivity index (χ4n) is 11.4. The number of nitrogens with zero attached hydrogens (tertiary/aromatic N) is 1. The highest BCUT2D eigenvalue weighted by Gasteiger charge is 2.40. The summed E-state index contributed by atoms with van der Waals surface area (Å²) in [7, 11) is 2.52. The molecule has 0 saturated heterocycles. The largest absolute Gasteiger partial charge is 0.355 e. The molecular weight excluding hydrogens is 756 g/mol. The molecule has 3 heterocycles. The standard InChI is InChI=1S/C57H52BN2S/c1-54(2,3)32-18-20-33(21-19-32)59-45-30-43-42(55(4,5)26-27-56(43,6)7)28-38(45)35-22-23-37-51-46(25-24-41-50(51)36-15-10-12-16-40(36)57(41,8)9)60-47-31-49-39(29-44(47)58-52(35)53(37)60)34-14-11-13-17-48(34)61-49/h10-25,28-31,59H,26-27H2,1-9H3. The van der Waals surface area contributed by atoms with Gasteiger partial charge in [0, 0.05) is 59.1 Å². The molecule has 1 N–H and O–H groups in total. The van der Waals surface area contributed by atoms with Crippen LogP contribution in [0.15, 0.2) is 121 Å². The second-order valence-corrected chi connectivity index (χ2v) is 22.2. The number of fused-ring (bicyclic) bond motifs is 13. The maximum Gasteiger partial charge on any atom is 0.197 e. The maximum atomic E-state index is 4.02. The molecule has 3 aliphatic rings. The monoisotopic (exact) mass is 807 g/mol. The summed E-state index contributed by atoms with van der Waals surface area (Å²) in [5, 5.41) is 9.37.